The third-order valence-electron chi connectivity index (χ3n) is 1.02. The molecule has 0 aromatic heterocycles. The lowest BCUT2D eigenvalue weighted by Crippen LogP contribution is -2.28. The van der Waals surface area contributed by atoms with Crippen LogP contribution in [0.3, 0.4) is 0 Å². The number of hydrogen-bond donors (Lipinski definition) is 1. The van der Waals surface area contributed by atoms with Crippen molar-refractivity contribution in [3.8, 4) is 0 Å². The molecular formula is C5H10ClNO3S. The van der Waals surface area contributed by atoms with Crippen molar-refractivity contribution in [1.82, 2.24) is 5.32 Å². The Hall–Kier alpha value is -0.290. The highest BCUT2D eigenvalue weighted by atomic mass is 35.5. The average molecular weight is 200 g/mol. The number of alkyl halides is 1. The molecule has 0 atom stereocenters. The summed E-state index contributed by atoms with van der Waals surface area (Å²) in [5, 5.41) is 2.22. The molecule has 0 aromatic carbocycles. The molecular weight excluding hydrogens is 190 g/mol. The predicted molar refractivity (Wildman–Crippen MR) is 43.4 cm³/mol. The maximum Gasteiger partial charge on any atom is 0.234 e. The van der Waals surface area contributed by atoms with Crippen molar-refractivity contribution in [2.75, 3.05) is 24.4 Å². The van der Waals surface area contributed by atoms with Crippen molar-refractivity contribution in [2.45, 2.75) is 0 Å². The molecule has 66 valence electrons. The third-order valence-corrected chi connectivity index (χ3v) is 2.96. The Balaban J connectivity index is 4.03. The van der Waals surface area contributed by atoms with Crippen LogP contribution in [0.2, 0.25) is 0 Å². The quantitative estimate of drug-likeness (QED) is 0.615. The zero-order chi connectivity index (χ0) is 8.91. The zero-order valence-electron chi connectivity index (χ0n) is 6.13. The van der Waals surface area contributed by atoms with E-state index in [1.165, 1.54) is 7.05 Å². The molecule has 0 saturated heterocycles. The summed E-state index contributed by atoms with van der Waals surface area (Å²) in [5.41, 5.74) is 0. The summed E-state index contributed by atoms with van der Waals surface area (Å²) < 4.78 is 21.7. The molecule has 0 spiro atoms. The van der Waals surface area contributed by atoms with Crippen LogP contribution in [0, 0.1) is 0 Å². The maximum atomic E-state index is 10.9. The lowest BCUT2D eigenvalue weighted by molar-refractivity contribution is -0.118. The lowest BCUT2D eigenvalue weighted by Gasteiger charge is -1.99. The Morgan fingerprint density at radius 2 is 2.09 bits per heavy atom. The maximum absolute atomic E-state index is 10.9. The van der Waals surface area contributed by atoms with Gasteiger partial charge in [-0.2, -0.15) is 0 Å². The molecule has 0 aliphatic heterocycles. The highest BCUT2D eigenvalue weighted by Crippen LogP contribution is 1.91. The van der Waals surface area contributed by atoms with E-state index in [1.807, 2.05) is 0 Å². The van der Waals surface area contributed by atoms with Gasteiger partial charge in [0.25, 0.3) is 0 Å². The molecule has 1 amide bonds. The van der Waals surface area contributed by atoms with Gasteiger partial charge >= 0.3 is 0 Å². The Kier molecular flexibility index (Phi) is 4.44. The first kappa shape index (κ1) is 10.7. The minimum Gasteiger partial charge on any atom is -0.358 e. The van der Waals surface area contributed by atoms with Crippen LogP contribution in [0.25, 0.3) is 0 Å². The van der Waals surface area contributed by atoms with Crippen LogP contribution in [0.4, 0.5) is 0 Å². The second-order valence-corrected chi connectivity index (χ2v) is 4.52. The second-order valence-electron chi connectivity index (χ2n) is 1.95. The van der Waals surface area contributed by atoms with Crippen LogP contribution in [-0.4, -0.2) is 38.8 Å². The Morgan fingerprint density at radius 3 is 2.45 bits per heavy atom. The third kappa shape index (κ3) is 5.03. The first-order valence-electron chi connectivity index (χ1n) is 2.99. The number of halogens is 1. The Bertz CT molecular complexity index is 224. The summed E-state index contributed by atoms with van der Waals surface area (Å²) in [6.07, 6.45) is 0. The fourth-order valence-electron chi connectivity index (χ4n) is 0.462. The van der Waals surface area contributed by atoms with E-state index in [9.17, 15) is 13.2 Å². The van der Waals surface area contributed by atoms with E-state index < -0.39 is 21.5 Å². The minimum absolute atomic E-state index is 0.0271. The molecule has 0 aliphatic rings. The van der Waals surface area contributed by atoms with Gasteiger partial charge in [0.05, 0.1) is 5.75 Å². The van der Waals surface area contributed by atoms with Crippen molar-refractivity contribution >= 4 is 27.3 Å². The van der Waals surface area contributed by atoms with Crippen LogP contribution in [0.1, 0.15) is 0 Å². The van der Waals surface area contributed by atoms with Crippen molar-refractivity contribution in [2.24, 2.45) is 0 Å². The van der Waals surface area contributed by atoms with E-state index in [-0.39, 0.29) is 11.6 Å². The highest BCUT2D eigenvalue weighted by molar-refractivity contribution is 7.92. The normalized spacial score (nSPS) is 11.1. The number of rotatable bonds is 4. The smallest absolute Gasteiger partial charge is 0.234 e. The van der Waals surface area contributed by atoms with E-state index in [0.717, 1.165) is 0 Å². The average Bonchev–Trinajstić information content (AvgIpc) is 1.86. The number of carbonyl (C=O) groups excluding carboxylic acids is 1. The van der Waals surface area contributed by atoms with Gasteiger partial charge in [0.1, 0.15) is 5.75 Å². The highest BCUT2D eigenvalue weighted by Gasteiger charge is 2.13. The molecule has 6 heteroatoms. The molecule has 0 aromatic rings. The molecule has 0 saturated carbocycles. The van der Waals surface area contributed by atoms with E-state index in [4.69, 9.17) is 11.6 Å². The first-order chi connectivity index (χ1) is 5.02. The van der Waals surface area contributed by atoms with Gasteiger partial charge in [0.15, 0.2) is 9.84 Å². The molecule has 11 heavy (non-hydrogen) atoms. The van der Waals surface area contributed by atoms with Gasteiger partial charge in [-0.25, -0.2) is 8.42 Å². The van der Waals surface area contributed by atoms with Crippen LogP contribution >= 0.6 is 11.6 Å². The first-order valence-corrected chi connectivity index (χ1v) is 5.34. The van der Waals surface area contributed by atoms with Crippen molar-refractivity contribution < 1.29 is 13.2 Å². The standard InChI is InChI=1S/C5H10ClNO3S/c1-7-5(8)4-11(9,10)3-2-6/h2-4H2,1H3,(H,7,8). The minimum atomic E-state index is -3.29. The summed E-state index contributed by atoms with van der Waals surface area (Å²) >= 11 is 5.20. The largest absolute Gasteiger partial charge is 0.358 e. The van der Waals surface area contributed by atoms with Crippen molar-refractivity contribution in [3.63, 3.8) is 0 Å². The monoisotopic (exact) mass is 199 g/mol. The van der Waals surface area contributed by atoms with Gasteiger partial charge in [0.2, 0.25) is 5.91 Å². The van der Waals surface area contributed by atoms with Gasteiger partial charge in [-0.15, -0.1) is 11.6 Å². The summed E-state index contributed by atoms with van der Waals surface area (Å²) in [7, 11) is -1.90. The van der Waals surface area contributed by atoms with Crippen LogP contribution in [0.5, 0.6) is 0 Å². The van der Waals surface area contributed by atoms with Crippen molar-refractivity contribution in [3.05, 3.63) is 0 Å². The van der Waals surface area contributed by atoms with Gasteiger partial charge in [-0.05, 0) is 0 Å². The Labute approximate surface area is 70.8 Å². The summed E-state index contributed by atoms with van der Waals surface area (Å²) in [4.78, 5) is 10.6. The molecule has 0 rings (SSSR count). The van der Waals surface area contributed by atoms with E-state index >= 15 is 0 Å². The molecule has 0 bridgehead atoms. The fourth-order valence-corrected chi connectivity index (χ4v) is 2.09. The summed E-state index contributed by atoms with van der Waals surface area (Å²) in [6, 6.07) is 0. The van der Waals surface area contributed by atoms with Crippen LogP contribution < -0.4 is 5.32 Å². The topological polar surface area (TPSA) is 63.2 Å². The van der Waals surface area contributed by atoms with Crippen LogP contribution in [0.15, 0.2) is 0 Å². The van der Waals surface area contributed by atoms with Crippen LogP contribution in [-0.2, 0) is 14.6 Å². The van der Waals surface area contributed by atoms with Gasteiger partial charge in [0, 0.05) is 12.9 Å². The lowest BCUT2D eigenvalue weighted by atomic mass is 10.7. The van der Waals surface area contributed by atoms with Gasteiger partial charge in [-0.1, -0.05) is 0 Å². The second kappa shape index (κ2) is 4.56. The Morgan fingerprint density at radius 1 is 1.55 bits per heavy atom. The van der Waals surface area contributed by atoms with Gasteiger partial charge < -0.3 is 5.32 Å². The number of sulfone groups is 1. The summed E-state index contributed by atoms with van der Waals surface area (Å²) in [6.45, 7) is 0. The molecule has 1 N–H and O–H groups in total. The number of hydrogen-bond acceptors (Lipinski definition) is 3. The van der Waals surface area contributed by atoms with Crippen molar-refractivity contribution in [1.29, 1.82) is 0 Å². The molecule has 0 fully saturated rings. The predicted octanol–water partition coefficient (Wildman–Crippen LogP) is -0.614. The fraction of sp³-hybridized carbons (Fsp3) is 0.800. The summed E-state index contributed by atoms with van der Waals surface area (Å²) in [5.74, 6) is -1.10. The molecule has 0 unspecified atom stereocenters. The van der Waals surface area contributed by atoms with E-state index in [0.29, 0.717) is 0 Å². The number of nitrogens with one attached hydrogen (secondary N) is 1. The van der Waals surface area contributed by atoms with E-state index in [2.05, 4.69) is 5.32 Å². The SMILES string of the molecule is CNC(=O)CS(=O)(=O)CCCl. The molecule has 0 aliphatic carbocycles. The number of carbonyl (C=O) groups is 1. The van der Waals surface area contributed by atoms with E-state index in [1.54, 1.807) is 0 Å². The molecule has 0 radical (unpaired) electrons. The molecule has 0 heterocycles. The number of amides is 1. The zero-order valence-corrected chi connectivity index (χ0v) is 7.70. The molecule has 4 nitrogen and oxygen atoms in total. The van der Waals surface area contributed by atoms with Gasteiger partial charge in [-0.3, -0.25) is 4.79 Å².